The van der Waals surface area contributed by atoms with Crippen LogP contribution in [0.2, 0.25) is 0 Å². The summed E-state index contributed by atoms with van der Waals surface area (Å²) in [4.78, 5) is 23.7. The van der Waals surface area contributed by atoms with Crippen LogP contribution in [-0.2, 0) is 23.8 Å². The standard InChI is InChI=1S/C19H22O6/c1-10-7-14(24-16(10)20)23-9-13-12-8-11-5-4-6-18(2,3)19(11,22)15(12)25-17(13)21/h7-9,12,14-15,22H,4-6H2,1-3H3/b13-9+/t12-,14-,15+,19-/m0/s1. The van der Waals surface area contributed by atoms with E-state index in [4.69, 9.17) is 14.2 Å². The lowest BCUT2D eigenvalue weighted by atomic mass is 9.62. The molecule has 2 aliphatic carbocycles. The van der Waals surface area contributed by atoms with Gasteiger partial charge in [-0.1, -0.05) is 19.9 Å². The number of carbonyl (C=O) groups excluding carboxylic acids is 2. The van der Waals surface area contributed by atoms with Crippen molar-refractivity contribution in [3.8, 4) is 0 Å². The Hall–Kier alpha value is -2.08. The Kier molecular flexibility index (Phi) is 3.41. The lowest BCUT2D eigenvalue weighted by Gasteiger charge is -2.48. The van der Waals surface area contributed by atoms with Crippen LogP contribution in [0.4, 0.5) is 0 Å². The summed E-state index contributed by atoms with van der Waals surface area (Å²) in [6.07, 6.45) is 6.05. The maximum Gasteiger partial charge on any atom is 0.338 e. The normalized spacial score (nSPS) is 40.2. The SMILES string of the molecule is CC1=C[C@@H](O/C=C2/C(=O)O[C@@H]3[C@H]2C=C2CCCC(C)(C)[C@]23O)OC1=O. The van der Waals surface area contributed by atoms with Crippen molar-refractivity contribution in [2.75, 3.05) is 0 Å². The minimum atomic E-state index is -1.14. The van der Waals surface area contributed by atoms with Crippen LogP contribution in [0.1, 0.15) is 40.0 Å². The topological polar surface area (TPSA) is 82.1 Å². The summed E-state index contributed by atoms with van der Waals surface area (Å²) in [7, 11) is 0. The van der Waals surface area contributed by atoms with E-state index in [0.717, 1.165) is 24.8 Å². The third kappa shape index (κ3) is 2.20. The maximum atomic E-state index is 12.3. The zero-order chi connectivity index (χ0) is 18.0. The van der Waals surface area contributed by atoms with Crippen LogP contribution in [0.5, 0.6) is 0 Å². The average Bonchev–Trinajstić information content (AvgIpc) is 3.11. The Bertz CT molecular complexity index is 743. The van der Waals surface area contributed by atoms with Gasteiger partial charge in [-0.3, -0.25) is 0 Å². The Morgan fingerprint density at radius 1 is 1.24 bits per heavy atom. The van der Waals surface area contributed by atoms with E-state index in [1.54, 1.807) is 13.0 Å². The van der Waals surface area contributed by atoms with Gasteiger partial charge in [-0.05, 0) is 31.8 Å². The molecule has 134 valence electrons. The first-order chi connectivity index (χ1) is 11.7. The molecule has 0 spiro atoms. The molecule has 0 aromatic carbocycles. The number of carbonyl (C=O) groups is 2. The molecular formula is C19H22O6. The molecule has 1 saturated carbocycles. The van der Waals surface area contributed by atoms with Crippen molar-refractivity contribution in [3.05, 3.63) is 35.1 Å². The molecule has 4 rings (SSSR count). The summed E-state index contributed by atoms with van der Waals surface area (Å²) in [5, 5.41) is 11.4. The Labute approximate surface area is 146 Å². The molecule has 2 heterocycles. The number of hydrogen-bond donors (Lipinski definition) is 1. The third-order valence-electron chi connectivity index (χ3n) is 5.98. The van der Waals surface area contributed by atoms with Crippen molar-refractivity contribution in [1.82, 2.24) is 0 Å². The van der Waals surface area contributed by atoms with Gasteiger partial charge >= 0.3 is 11.9 Å². The Morgan fingerprint density at radius 2 is 2.00 bits per heavy atom. The second kappa shape index (κ2) is 5.21. The molecule has 0 radical (unpaired) electrons. The van der Waals surface area contributed by atoms with E-state index in [1.165, 1.54) is 6.26 Å². The van der Waals surface area contributed by atoms with Crippen LogP contribution in [-0.4, -0.2) is 35.0 Å². The van der Waals surface area contributed by atoms with E-state index >= 15 is 0 Å². The largest absolute Gasteiger partial charge is 0.458 e. The molecule has 2 fully saturated rings. The van der Waals surface area contributed by atoms with Crippen molar-refractivity contribution >= 4 is 11.9 Å². The van der Waals surface area contributed by atoms with E-state index < -0.39 is 29.9 Å². The molecule has 1 N–H and O–H groups in total. The van der Waals surface area contributed by atoms with Gasteiger partial charge in [0.05, 0.1) is 17.8 Å². The summed E-state index contributed by atoms with van der Waals surface area (Å²) in [6.45, 7) is 5.67. The summed E-state index contributed by atoms with van der Waals surface area (Å²) in [5.74, 6) is -1.27. The summed E-state index contributed by atoms with van der Waals surface area (Å²) in [6, 6.07) is 0. The van der Waals surface area contributed by atoms with Gasteiger partial charge in [0.2, 0.25) is 0 Å². The van der Waals surface area contributed by atoms with Crippen LogP contribution >= 0.6 is 0 Å². The van der Waals surface area contributed by atoms with Crippen LogP contribution in [0, 0.1) is 11.3 Å². The highest BCUT2D eigenvalue weighted by molar-refractivity contribution is 5.93. The van der Waals surface area contributed by atoms with Gasteiger partial charge in [-0.25, -0.2) is 9.59 Å². The molecule has 4 aliphatic rings. The summed E-state index contributed by atoms with van der Waals surface area (Å²) < 4.78 is 16.0. The molecule has 0 unspecified atom stereocenters. The second-order valence-corrected chi connectivity index (χ2v) is 7.88. The van der Waals surface area contributed by atoms with Crippen molar-refractivity contribution in [2.45, 2.75) is 58.0 Å². The third-order valence-corrected chi connectivity index (χ3v) is 5.98. The number of cyclic esters (lactones) is 1. The highest BCUT2D eigenvalue weighted by Crippen LogP contribution is 2.57. The van der Waals surface area contributed by atoms with E-state index in [-0.39, 0.29) is 11.3 Å². The van der Waals surface area contributed by atoms with Crippen LogP contribution in [0.25, 0.3) is 0 Å². The summed E-state index contributed by atoms with van der Waals surface area (Å²) in [5.41, 5.74) is 0.261. The van der Waals surface area contributed by atoms with Gasteiger partial charge in [0, 0.05) is 17.1 Å². The first-order valence-corrected chi connectivity index (χ1v) is 8.63. The van der Waals surface area contributed by atoms with Crippen LogP contribution < -0.4 is 0 Å². The maximum absolute atomic E-state index is 12.3. The molecule has 0 aromatic heterocycles. The zero-order valence-electron chi connectivity index (χ0n) is 14.6. The molecule has 1 saturated heterocycles. The number of fused-ring (bicyclic) bond motifs is 3. The molecule has 4 atom stereocenters. The molecule has 2 aliphatic heterocycles. The predicted octanol–water partition coefficient (Wildman–Crippen LogP) is 2.14. The van der Waals surface area contributed by atoms with Gasteiger partial charge in [0.25, 0.3) is 6.29 Å². The zero-order valence-corrected chi connectivity index (χ0v) is 14.6. The average molecular weight is 346 g/mol. The lowest BCUT2D eigenvalue weighted by Crippen LogP contribution is -2.55. The molecule has 0 amide bonds. The van der Waals surface area contributed by atoms with E-state index in [0.29, 0.717) is 11.1 Å². The van der Waals surface area contributed by atoms with Gasteiger partial charge < -0.3 is 19.3 Å². The van der Waals surface area contributed by atoms with Crippen molar-refractivity contribution in [3.63, 3.8) is 0 Å². The van der Waals surface area contributed by atoms with Crippen LogP contribution in [0.15, 0.2) is 35.1 Å². The lowest BCUT2D eigenvalue weighted by molar-refractivity contribution is -0.164. The second-order valence-electron chi connectivity index (χ2n) is 7.88. The fraction of sp³-hybridized carbons (Fsp3) is 0.579. The van der Waals surface area contributed by atoms with Gasteiger partial charge in [0.1, 0.15) is 11.7 Å². The van der Waals surface area contributed by atoms with Gasteiger partial charge in [0.15, 0.2) is 0 Å². The Morgan fingerprint density at radius 3 is 2.68 bits per heavy atom. The number of ether oxygens (including phenoxy) is 3. The molecular weight excluding hydrogens is 324 g/mol. The smallest absolute Gasteiger partial charge is 0.338 e. The quantitative estimate of drug-likeness (QED) is 0.357. The first kappa shape index (κ1) is 16.4. The van der Waals surface area contributed by atoms with Gasteiger partial charge in [-0.2, -0.15) is 0 Å². The number of hydrogen-bond acceptors (Lipinski definition) is 6. The fourth-order valence-corrected chi connectivity index (χ4v) is 4.45. The van der Waals surface area contributed by atoms with Crippen molar-refractivity contribution in [2.24, 2.45) is 11.3 Å². The minimum absolute atomic E-state index is 0.341. The molecule has 0 bridgehead atoms. The number of aliphatic hydroxyl groups is 1. The summed E-state index contributed by atoms with van der Waals surface area (Å²) >= 11 is 0. The van der Waals surface area contributed by atoms with Crippen LogP contribution in [0.3, 0.4) is 0 Å². The van der Waals surface area contributed by atoms with Crippen molar-refractivity contribution in [1.29, 1.82) is 0 Å². The first-order valence-electron chi connectivity index (χ1n) is 8.63. The predicted molar refractivity (Wildman–Crippen MR) is 86.8 cm³/mol. The number of rotatable bonds is 2. The van der Waals surface area contributed by atoms with Crippen molar-refractivity contribution < 1.29 is 28.9 Å². The van der Waals surface area contributed by atoms with E-state index in [2.05, 4.69) is 0 Å². The number of esters is 2. The van der Waals surface area contributed by atoms with Gasteiger partial charge in [-0.15, -0.1) is 0 Å². The fourth-order valence-electron chi connectivity index (χ4n) is 4.45. The minimum Gasteiger partial charge on any atom is -0.458 e. The highest BCUT2D eigenvalue weighted by Gasteiger charge is 2.64. The molecule has 6 heteroatoms. The Balaban J connectivity index is 1.61. The van der Waals surface area contributed by atoms with E-state index in [9.17, 15) is 14.7 Å². The molecule has 25 heavy (non-hydrogen) atoms. The molecule has 6 nitrogen and oxygen atoms in total. The molecule has 0 aromatic rings. The van der Waals surface area contributed by atoms with E-state index in [1.807, 2.05) is 19.9 Å². The highest BCUT2D eigenvalue weighted by atomic mass is 16.7. The monoisotopic (exact) mass is 346 g/mol.